The van der Waals surface area contributed by atoms with Gasteiger partial charge >= 0.3 is 0 Å². The summed E-state index contributed by atoms with van der Waals surface area (Å²) in [6.45, 7) is 9.50. The molecule has 0 unspecified atom stereocenters. The van der Waals surface area contributed by atoms with Crippen LogP contribution in [0.25, 0.3) is 0 Å². The van der Waals surface area contributed by atoms with Gasteiger partial charge in [0.1, 0.15) is 18.9 Å². The van der Waals surface area contributed by atoms with Gasteiger partial charge in [0.25, 0.3) is 5.91 Å². The highest BCUT2D eigenvalue weighted by Gasteiger charge is 2.34. The molecule has 1 aliphatic rings. The fourth-order valence-corrected chi connectivity index (χ4v) is 5.70. The van der Waals surface area contributed by atoms with E-state index in [1.54, 1.807) is 16.2 Å². The van der Waals surface area contributed by atoms with E-state index in [2.05, 4.69) is 25.3 Å². The minimum Gasteiger partial charge on any atom is -0.491 e. The van der Waals surface area contributed by atoms with Gasteiger partial charge < -0.3 is 14.5 Å². The quantitative estimate of drug-likeness (QED) is 0.346. The zero-order valence-electron chi connectivity index (χ0n) is 21.3. The van der Waals surface area contributed by atoms with Gasteiger partial charge in [-0.1, -0.05) is 43.6 Å². The molecule has 0 saturated heterocycles. The summed E-state index contributed by atoms with van der Waals surface area (Å²) in [5.41, 5.74) is 3.63. The number of halogens is 1. The molecule has 7 heteroatoms. The van der Waals surface area contributed by atoms with E-state index in [9.17, 15) is 9.59 Å². The van der Waals surface area contributed by atoms with Crippen molar-refractivity contribution in [3.8, 4) is 5.75 Å². The van der Waals surface area contributed by atoms with Gasteiger partial charge in [-0.25, -0.2) is 0 Å². The van der Waals surface area contributed by atoms with Crippen LogP contribution in [0.1, 0.15) is 51.8 Å². The van der Waals surface area contributed by atoms with Gasteiger partial charge in [0, 0.05) is 28.6 Å². The van der Waals surface area contributed by atoms with Gasteiger partial charge in [-0.15, -0.1) is 11.3 Å². The number of hydrogen-bond acceptors (Lipinski definition) is 4. The van der Waals surface area contributed by atoms with Crippen LogP contribution >= 0.6 is 22.9 Å². The first kappa shape index (κ1) is 26.2. The molecule has 0 aliphatic carbocycles. The molecule has 190 valence electrons. The molecule has 36 heavy (non-hydrogen) atoms. The maximum absolute atomic E-state index is 13.7. The standard InChI is InChI=1S/C29H33ClN2O3S/c1-19(2)16-31(29(34)23-8-6-5-7-20(23)3)17-28(33)32-13-11-27-24(12-14-36-27)26(32)18-35-22-9-10-25(30)21(4)15-22/h5-10,12,14-15,19,26H,11,13,16-18H2,1-4H3/t26-/m0/s1. The van der Waals surface area contributed by atoms with Crippen LogP contribution in [-0.2, 0) is 11.2 Å². The van der Waals surface area contributed by atoms with Gasteiger partial charge in [0.05, 0.1) is 6.04 Å². The van der Waals surface area contributed by atoms with Crippen molar-refractivity contribution >= 4 is 34.8 Å². The summed E-state index contributed by atoms with van der Waals surface area (Å²) in [5.74, 6) is 0.800. The fourth-order valence-electron chi connectivity index (χ4n) is 4.65. The Kier molecular flexibility index (Phi) is 8.37. The van der Waals surface area contributed by atoms with Crippen molar-refractivity contribution in [3.63, 3.8) is 0 Å². The number of carbonyl (C=O) groups excluding carboxylic acids is 2. The Morgan fingerprint density at radius 3 is 2.64 bits per heavy atom. The number of thiophene rings is 1. The second kappa shape index (κ2) is 11.5. The van der Waals surface area contributed by atoms with Crippen LogP contribution in [-0.4, -0.2) is 47.9 Å². The molecule has 3 aromatic rings. The Hall–Kier alpha value is -2.83. The molecule has 0 radical (unpaired) electrons. The summed E-state index contributed by atoms with van der Waals surface area (Å²) in [4.78, 5) is 32.0. The van der Waals surface area contributed by atoms with E-state index >= 15 is 0 Å². The van der Waals surface area contributed by atoms with Crippen LogP contribution in [0.4, 0.5) is 0 Å². The summed E-state index contributed by atoms with van der Waals surface area (Å²) in [5, 5.41) is 2.77. The molecule has 0 N–H and O–H groups in total. The minimum absolute atomic E-state index is 0.0430. The lowest BCUT2D eigenvalue weighted by molar-refractivity contribution is -0.135. The monoisotopic (exact) mass is 524 g/mol. The van der Waals surface area contributed by atoms with Gasteiger partial charge in [-0.2, -0.15) is 0 Å². The predicted molar refractivity (Wildman–Crippen MR) is 146 cm³/mol. The third-order valence-electron chi connectivity index (χ3n) is 6.53. The number of rotatable bonds is 8. The highest BCUT2D eigenvalue weighted by Crippen LogP contribution is 2.34. The minimum atomic E-state index is -0.210. The van der Waals surface area contributed by atoms with Crippen LogP contribution in [0, 0.1) is 19.8 Å². The van der Waals surface area contributed by atoms with Crippen molar-refractivity contribution in [2.24, 2.45) is 5.92 Å². The molecule has 1 aromatic heterocycles. The highest BCUT2D eigenvalue weighted by atomic mass is 35.5. The van der Waals surface area contributed by atoms with E-state index in [0.717, 1.165) is 28.9 Å². The zero-order valence-corrected chi connectivity index (χ0v) is 22.9. The third-order valence-corrected chi connectivity index (χ3v) is 7.95. The summed E-state index contributed by atoms with van der Waals surface area (Å²) in [6, 6.07) is 15.0. The predicted octanol–water partition coefficient (Wildman–Crippen LogP) is 6.32. The zero-order chi connectivity index (χ0) is 25.8. The Bertz CT molecular complexity index is 1240. The molecule has 1 aliphatic heterocycles. The molecular weight excluding hydrogens is 492 g/mol. The number of ether oxygens (including phenoxy) is 1. The van der Waals surface area contributed by atoms with Gasteiger partial charge in [0.2, 0.25) is 5.91 Å². The van der Waals surface area contributed by atoms with Crippen LogP contribution in [0.5, 0.6) is 5.75 Å². The van der Waals surface area contributed by atoms with E-state index in [0.29, 0.717) is 30.3 Å². The lowest BCUT2D eigenvalue weighted by Crippen LogP contribution is -2.48. The number of nitrogens with zero attached hydrogens (tertiary/aromatic N) is 2. The summed E-state index contributed by atoms with van der Waals surface area (Å²) in [6.07, 6.45) is 0.811. The first-order valence-corrected chi connectivity index (χ1v) is 13.6. The van der Waals surface area contributed by atoms with Gasteiger partial charge in [-0.3, -0.25) is 9.59 Å². The van der Waals surface area contributed by atoms with E-state index in [1.807, 2.05) is 61.2 Å². The first-order chi connectivity index (χ1) is 17.2. The Labute approximate surface area is 222 Å². The van der Waals surface area contributed by atoms with Crippen molar-refractivity contribution in [3.05, 3.63) is 86.1 Å². The lowest BCUT2D eigenvalue weighted by atomic mass is 10.00. The summed E-state index contributed by atoms with van der Waals surface area (Å²) >= 11 is 7.89. The molecular formula is C29H33ClN2O3S. The van der Waals surface area contributed by atoms with Crippen LogP contribution in [0.2, 0.25) is 5.02 Å². The maximum Gasteiger partial charge on any atom is 0.254 e. The number of hydrogen-bond donors (Lipinski definition) is 0. The summed E-state index contributed by atoms with van der Waals surface area (Å²) < 4.78 is 6.16. The lowest BCUT2D eigenvalue weighted by Gasteiger charge is -2.37. The van der Waals surface area contributed by atoms with Gasteiger partial charge in [-0.05, 0) is 78.6 Å². The van der Waals surface area contributed by atoms with E-state index < -0.39 is 0 Å². The van der Waals surface area contributed by atoms with Crippen LogP contribution < -0.4 is 4.74 Å². The molecule has 4 rings (SSSR count). The van der Waals surface area contributed by atoms with Crippen molar-refractivity contribution in [1.82, 2.24) is 9.80 Å². The average Bonchev–Trinajstić information content (AvgIpc) is 3.33. The SMILES string of the molecule is Cc1cc(OC[C@H]2c3ccsc3CCN2C(=O)CN(CC(C)C)C(=O)c2ccccc2C)ccc1Cl. The van der Waals surface area contributed by atoms with Crippen molar-refractivity contribution in [2.45, 2.75) is 40.2 Å². The molecule has 0 saturated carbocycles. The molecule has 1 atom stereocenters. The molecule has 2 heterocycles. The largest absolute Gasteiger partial charge is 0.491 e. The topological polar surface area (TPSA) is 49.9 Å². The molecule has 5 nitrogen and oxygen atoms in total. The van der Waals surface area contributed by atoms with E-state index in [1.165, 1.54) is 4.88 Å². The Morgan fingerprint density at radius 2 is 1.92 bits per heavy atom. The first-order valence-electron chi connectivity index (χ1n) is 12.3. The highest BCUT2D eigenvalue weighted by molar-refractivity contribution is 7.10. The van der Waals surface area contributed by atoms with Crippen LogP contribution in [0.15, 0.2) is 53.9 Å². The smallest absolute Gasteiger partial charge is 0.254 e. The average molecular weight is 525 g/mol. The van der Waals surface area contributed by atoms with Gasteiger partial charge in [0.15, 0.2) is 0 Å². The van der Waals surface area contributed by atoms with Crippen molar-refractivity contribution < 1.29 is 14.3 Å². The third kappa shape index (κ3) is 5.93. The normalized spacial score (nSPS) is 15.1. The molecule has 2 amide bonds. The number of aryl methyl sites for hydroxylation is 2. The second-order valence-corrected chi connectivity index (χ2v) is 11.2. The number of amides is 2. The Morgan fingerprint density at radius 1 is 1.14 bits per heavy atom. The van der Waals surface area contributed by atoms with Crippen molar-refractivity contribution in [1.29, 1.82) is 0 Å². The number of carbonyl (C=O) groups is 2. The van der Waals surface area contributed by atoms with E-state index in [-0.39, 0.29) is 30.3 Å². The molecule has 0 bridgehead atoms. The van der Waals surface area contributed by atoms with E-state index in [4.69, 9.17) is 16.3 Å². The number of fused-ring (bicyclic) bond motifs is 1. The molecule has 2 aromatic carbocycles. The molecule has 0 fully saturated rings. The second-order valence-electron chi connectivity index (χ2n) is 9.77. The maximum atomic E-state index is 13.7. The number of benzene rings is 2. The summed E-state index contributed by atoms with van der Waals surface area (Å²) in [7, 11) is 0. The van der Waals surface area contributed by atoms with Crippen molar-refractivity contribution in [2.75, 3.05) is 26.2 Å². The molecule has 0 spiro atoms. The fraction of sp³-hybridized carbons (Fsp3) is 0.379. The Balaban J connectivity index is 1.55. The van der Waals surface area contributed by atoms with Crippen LogP contribution in [0.3, 0.4) is 0 Å².